The first kappa shape index (κ1) is 33.4. The summed E-state index contributed by atoms with van der Waals surface area (Å²) in [5.74, 6) is -1.57. The predicted octanol–water partition coefficient (Wildman–Crippen LogP) is 6.19. The second-order valence-corrected chi connectivity index (χ2v) is 13.0. The highest BCUT2D eigenvalue weighted by Gasteiger charge is 2.35. The summed E-state index contributed by atoms with van der Waals surface area (Å²) in [6.07, 6.45) is 0.818. The SMILES string of the molecule is CC[C@@H](C)NC(=O)[C@@H](Cc1ccccc1)N(Cc1ccccc1F)C(=O)CN(c1cccc(C)c1C)S(=O)(=O)c1ccccc1. The van der Waals surface area contributed by atoms with Crippen LogP contribution >= 0.6 is 0 Å². The lowest BCUT2D eigenvalue weighted by molar-refractivity contribution is -0.140. The van der Waals surface area contributed by atoms with Crippen LogP contribution in [0.5, 0.6) is 0 Å². The number of aryl methyl sites for hydroxylation is 1. The molecule has 9 heteroatoms. The van der Waals surface area contributed by atoms with Gasteiger partial charge in [-0.1, -0.05) is 85.8 Å². The first-order valence-corrected chi connectivity index (χ1v) is 16.5. The van der Waals surface area contributed by atoms with E-state index in [0.29, 0.717) is 17.7 Å². The average Bonchev–Trinajstić information content (AvgIpc) is 3.04. The van der Waals surface area contributed by atoms with Gasteiger partial charge >= 0.3 is 0 Å². The number of hydrogen-bond donors (Lipinski definition) is 1. The molecule has 2 amide bonds. The molecule has 0 unspecified atom stereocenters. The Morgan fingerprint density at radius 1 is 0.844 bits per heavy atom. The van der Waals surface area contributed by atoms with Gasteiger partial charge in [-0.2, -0.15) is 0 Å². The third-order valence-corrected chi connectivity index (χ3v) is 9.80. The molecule has 0 aliphatic rings. The van der Waals surface area contributed by atoms with Crippen LogP contribution in [0.4, 0.5) is 10.1 Å². The van der Waals surface area contributed by atoms with Crippen LogP contribution < -0.4 is 9.62 Å². The normalized spacial score (nSPS) is 12.6. The molecule has 0 aromatic heterocycles. The summed E-state index contributed by atoms with van der Waals surface area (Å²) in [6.45, 7) is 6.65. The van der Waals surface area contributed by atoms with Crippen molar-refractivity contribution in [1.82, 2.24) is 10.2 Å². The molecule has 2 atom stereocenters. The zero-order chi connectivity index (χ0) is 32.6. The van der Waals surface area contributed by atoms with E-state index in [1.807, 2.05) is 57.2 Å². The number of carbonyl (C=O) groups is 2. The monoisotopic (exact) mass is 629 g/mol. The molecule has 0 aliphatic heterocycles. The topological polar surface area (TPSA) is 86.8 Å². The molecule has 236 valence electrons. The van der Waals surface area contributed by atoms with E-state index in [-0.39, 0.29) is 29.5 Å². The number of anilines is 1. The van der Waals surface area contributed by atoms with Crippen molar-refractivity contribution in [2.24, 2.45) is 0 Å². The molecule has 4 rings (SSSR count). The van der Waals surface area contributed by atoms with E-state index in [0.717, 1.165) is 15.4 Å². The fourth-order valence-corrected chi connectivity index (χ4v) is 6.54. The summed E-state index contributed by atoms with van der Waals surface area (Å²) in [6, 6.07) is 27.3. The van der Waals surface area contributed by atoms with Crippen molar-refractivity contribution in [1.29, 1.82) is 0 Å². The van der Waals surface area contributed by atoms with E-state index in [2.05, 4.69) is 5.32 Å². The molecule has 0 heterocycles. The lowest BCUT2D eigenvalue weighted by Gasteiger charge is -2.34. The highest BCUT2D eigenvalue weighted by Crippen LogP contribution is 2.29. The number of nitrogens with zero attached hydrogens (tertiary/aromatic N) is 2. The van der Waals surface area contributed by atoms with Gasteiger partial charge in [-0.15, -0.1) is 0 Å². The number of carbonyl (C=O) groups excluding carboxylic acids is 2. The quantitative estimate of drug-likeness (QED) is 0.191. The Hall–Kier alpha value is -4.50. The van der Waals surface area contributed by atoms with Crippen molar-refractivity contribution in [3.8, 4) is 0 Å². The Morgan fingerprint density at radius 2 is 1.47 bits per heavy atom. The number of sulfonamides is 1. The van der Waals surface area contributed by atoms with E-state index in [1.54, 1.807) is 55.5 Å². The van der Waals surface area contributed by atoms with Crippen LogP contribution in [0.2, 0.25) is 0 Å². The third kappa shape index (κ3) is 8.16. The maximum atomic E-state index is 15.1. The van der Waals surface area contributed by atoms with E-state index in [1.165, 1.54) is 23.1 Å². The van der Waals surface area contributed by atoms with Crippen LogP contribution in [0.1, 0.15) is 42.5 Å². The Kier molecular flexibility index (Phi) is 11.1. The van der Waals surface area contributed by atoms with Gasteiger partial charge in [0.1, 0.15) is 18.4 Å². The van der Waals surface area contributed by atoms with Gasteiger partial charge < -0.3 is 10.2 Å². The fraction of sp³-hybridized carbons (Fsp3) is 0.278. The molecule has 4 aromatic rings. The van der Waals surface area contributed by atoms with Crippen LogP contribution in [0.3, 0.4) is 0 Å². The maximum Gasteiger partial charge on any atom is 0.264 e. The van der Waals surface area contributed by atoms with Crippen LogP contribution in [-0.4, -0.2) is 43.8 Å². The Morgan fingerprint density at radius 3 is 2.11 bits per heavy atom. The summed E-state index contributed by atoms with van der Waals surface area (Å²) < 4.78 is 44.5. The summed E-state index contributed by atoms with van der Waals surface area (Å²) >= 11 is 0. The van der Waals surface area contributed by atoms with Crippen LogP contribution in [0.25, 0.3) is 0 Å². The highest BCUT2D eigenvalue weighted by molar-refractivity contribution is 7.92. The zero-order valence-electron chi connectivity index (χ0n) is 26.1. The van der Waals surface area contributed by atoms with Crippen molar-refractivity contribution in [3.63, 3.8) is 0 Å². The van der Waals surface area contributed by atoms with Crippen molar-refractivity contribution < 1.29 is 22.4 Å². The summed E-state index contributed by atoms with van der Waals surface area (Å²) in [7, 11) is -4.22. The number of rotatable bonds is 13. The van der Waals surface area contributed by atoms with Gasteiger partial charge in [-0.3, -0.25) is 13.9 Å². The van der Waals surface area contributed by atoms with Gasteiger partial charge in [0.2, 0.25) is 11.8 Å². The highest BCUT2D eigenvalue weighted by atomic mass is 32.2. The molecular weight excluding hydrogens is 589 g/mol. The van der Waals surface area contributed by atoms with E-state index in [9.17, 15) is 18.0 Å². The van der Waals surface area contributed by atoms with Crippen molar-refractivity contribution in [2.45, 2.75) is 64.1 Å². The second-order valence-electron chi connectivity index (χ2n) is 11.2. The smallest absolute Gasteiger partial charge is 0.264 e. The lowest BCUT2D eigenvalue weighted by Crippen LogP contribution is -2.54. The predicted molar refractivity (Wildman–Crippen MR) is 176 cm³/mol. The second kappa shape index (κ2) is 15.0. The van der Waals surface area contributed by atoms with E-state index < -0.39 is 40.2 Å². The van der Waals surface area contributed by atoms with Crippen molar-refractivity contribution in [2.75, 3.05) is 10.8 Å². The standard InChI is InChI=1S/C36H40FN3O4S/c1-5-27(3)38-36(42)34(23-29-16-8-6-9-17-29)39(24-30-18-12-13-21-32(30)37)35(41)25-40(33-22-14-15-26(2)28(33)4)45(43,44)31-19-10-7-11-20-31/h6-22,27,34H,5,23-25H2,1-4H3,(H,38,42)/t27-,34-/m1/s1. The molecule has 4 aromatic carbocycles. The first-order valence-electron chi connectivity index (χ1n) is 15.0. The molecular formula is C36H40FN3O4S. The molecule has 1 N–H and O–H groups in total. The molecule has 0 fully saturated rings. The van der Waals surface area contributed by atoms with Crippen molar-refractivity contribution >= 4 is 27.5 Å². The lowest BCUT2D eigenvalue weighted by atomic mass is 10.0. The van der Waals surface area contributed by atoms with Gasteiger partial charge in [0.15, 0.2) is 0 Å². The minimum atomic E-state index is -4.22. The largest absolute Gasteiger partial charge is 0.352 e. The molecule has 0 radical (unpaired) electrons. The molecule has 0 spiro atoms. The molecule has 0 bridgehead atoms. The summed E-state index contributed by atoms with van der Waals surface area (Å²) in [5, 5.41) is 2.98. The van der Waals surface area contributed by atoms with Gasteiger partial charge in [-0.05, 0) is 68.1 Å². The molecule has 0 saturated heterocycles. The number of hydrogen-bond acceptors (Lipinski definition) is 4. The van der Waals surface area contributed by atoms with Gasteiger partial charge in [0.25, 0.3) is 10.0 Å². The number of halogens is 1. The first-order chi connectivity index (χ1) is 21.5. The fourth-order valence-electron chi connectivity index (χ4n) is 5.04. The van der Waals surface area contributed by atoms with Crippen LogP contribution in [-0.2, 0) is 32.6 Å². The van der Waals surface area contributed by atoms with Crippen molar-refractivity contribution in [3.05, 3.63) is 131 Å². The Bertz CT molecular complexity index is 1720. The minimum Gasteiger partial charge on any atom is -0.352 e. The zero-order valence-corrected chi connectivity index (χ0v) is 26.9. The van der Waals surface area contributed by atoms with Crippen LogP contribution in [0.15, 0.2) is 108 Å². The molecule has 45 heavy (non-hydrogen) atoms. The number of nitrogens with one attached hydrogen (secondary N) is 1. The molecule has 7 nitrogen and oxygen atoms in total. The van der Waals surface area contributed by atoms with E-state index >= 15 is 4.39 Å². The van der Waals surface area contributed by atoms with Gasteiger partial charge in [0.05, 0.1) is 10.6 Å². The van der Waals surface area contributed by atoms with E-state index in [4.69, 9.17) is 0 Å². The van der Waals surface area contributed by atoms with Crippen LogP contribution in [0, 0.1) is 19.7 Å². The average molecular weight is 630 g/mol. The molecule has 0 saturated carbocycles. The maximum absolute atomic E-state index is 15.1. The summed E-state index contributed by atoms with van der Waals surface area (Å²) in [4.78, 5) is 29.7. The summed E-state index contributed by atoms with van der Waals surface area (Å²) in [5.41, 5.74) is 2.91. The third-order valence-electron chi connectivity index (χ3n) is 8.03. The Balaban J connectivity index is 1.84. The number of benzene rings is 4. The Labute approximate surface area is 265 Å². The van der Waals surface area contributed by atoms with Gasteiger partial charge in [0, 0.05) is 24.6 Å². The number of amides is 2. The van der Waals surface area contributed by atoms with Gasteiger partial charge in [-0.25, -0.2) is 12.8 Å². The molecule has 0 aliphatic carbocycles. The minimum absolute atomic E-state index is 0.0229.